The third-order valence-corrected chi connectivity index (χ3v) is 4.80. The molecular formula is C23H30N2O5. The Bertz CT molecular complexity index is 849. The Morgan fingerprint density at radius 1 is 1.00 bits per heavy atom. The average molecular weight is 415 g/mol. The van der Waals surface area contributed by atoms with Crippen molar-refractivity contribution in [3.63, 3.8) is 0 Å². The highest BCUT2D eigenvalue weighted by Crippen LogP contribution is 2.27. The molecule has 0 bridgehead atoms. The zero-order chi connectivity index (χ0) is 22.1. The van der Waals surface area contributed by atoms with E-state index in [4.69, 9.17) is 9.47 Å². The van der Waals surface area contributed by atoms with Gasteiger partial charge in [0, 0.05) is 5.69 Å². The SMILES string of the molecule is COc1ccc(CCNC(CC(=O)Nc2ccc(C(C)C)cc2)C(=O)O)cc1OC. The van der Waals surface area contributed by atoms with E-state index in [1.54, 1.807) is 20.3 Å². The van der Waals surface area contributed by atoms with Crippen molar-refractivity contribution in [3.05, 3.63) is 53.6 Å². The lowest BCUT2D eigenvalue weighted by Gasteiger charge is -2.15. The summed E-state index contributed by atoms with van der Waals surface area (Å²) >= 11 is 0. The monoisotopic (exact) mass is 414 g/mol. The lowest BCUT2D eigenvalue weighted by molar-refractivity contribution is -0.141. The molecule has 0 aromatic heterocycles. The van der Waals surface area contributed by atoms with Crippen LogP contribution in [0.5, 0.6) is 11.5 Å². The van der Waals surface area contributed by atoms with Crippen molar-refractivity contribution in [3.8, 4) is 11.5 Å². The van der Waals surface area contributed by atoms with E-state index in [0.29, 0.717) is 36.1 Å². The van der Waals surface area contributed by atoms with Gasteiger partial charge in [0.25, 0.3) is 0 Å². The Kier molecular flexibility index (Phi) is 8.68. The number of rotatable bonds is 11. The van der Waals surface area contributed by atoms with Gasteiger partial charge in [0.2, 0.25) is 5.91 Å². The molecule has 1 amide bonds. The highest BCUT2D eigenvalue weighted by Gasteiger charge is 2.20. The number of anilines is 1. The van der Waals surface area contributed by atoms with Gasteiger partial charge in [-0.1, -0.05) is 32.0 Å². The number of ether oxygens (including phenoxy) is 2. The average Bonchev–Trinajstić information content (AvgIpc) is 2.73. The van der Waals surface area contributed by atoms with Crippen LogP contribution in [0, 0.1) is 0 Å². The molecule has 7 nitrogen and oxygen atoms in total. The van der Waals surface area contributed by atoms with E-state index in [9.17, 15) is 14.7 Å². The molecule has 2 aromatic carbocycles. The van der Waals surface area contributed by atoms with Gasteiger partial charge in [-0.15, -0.1) is 0 Å². The number of nitrogens with one attached hydrogen (secondary N) is 2. The number of carboxylic acid groups (broad SMARTS) is 1. The summed E-state index contributed by atoms with van der Waals surface area (Å²) in [6.45, 7) is 4.60. The Morgan fingerprint density at radius 2 is 1.67 bits per heavy atom. The summed E-state index contributed by atoms with van der Waals surface area (Å²) in [5.74, 6) is 0.246. The van der Waals surface area contributed by atoms with Crippen molar-refractivity contribution in [1.29, 1.82) is 0 Å². The number of amides is 1. The maximum Gasteiger partial charge on any atom is 0.321 e. The number of benzene rings is 2. The van der Waals surface area contributed by atoms with E-state index in [-0.39, 0.29) is 12.3 Å². The van der Waals surface area contributed by atoms with E-state index >= 15 is 0 Å². The van der Waals surface area contributed by atoms with Crippen LogP contribution in [-0.4, -0.2) is 43.8 Å². The predicted molar refractivity (Wildman–Crippen MR) is 116 cm³/mol. The van der Waals surface area contributed by atoms with E-state index in [1.807, 2.05) is 36.4 Å². The maximum atomic E-state index is 12.3. The number of hydrogen-bond acceptors (Lipinski definition) is 5. The topological polar surface area (TPSA) is 96.9 Å². The lowest BCUT2D eigenvalue weighted by atomic mass is 10.0. The fourth-order valence-electron chi connectivity index (χ4n) is 3.02. The molecule has 2 aromatic rings. The van der Waals surface area contributed by atoms with E-state index in [0.717, 1.165) is 5.56 Å². The number of carbonyl (C=O) groups is 2. The van der Waals surface area contributed by atoms with Gasteiger partial charge >= 0.3 is 5.97 Å². The van der Waals surface area contributed by atoms with Crippen molar-refractivity contribution < 1.29 is 24.2 Å². The van der Waals surface area contributed by atoms with Crippen LogP contribution in [0.4, 0.5) is 5.69 Å². The molecule has 162 valence electrons. The fraction of sp³-hybridized carbons (Fsp3) is 0.391. The molecular weight excluding hydrogens is 384 g/mol. The van der Waals surface area contributed by atoms with Gasteiger partial charge in [0.1, 0.15) is 6.04 Å². The summed E-state index contributed by atoms with van der Waals surface area (Å²) in [7, 11) is 3.13. The van der Waals surface area contributed by atoms with Crippen LogP contribution in [0.2, 0.25) is 0 Å². The summed E-state index contributed by atoms with van der Waals surface area (Å²) in [5.41, 5.74) is 2.80. The molecule has 30 heavy (non-hydrogen) atoms. The second-order valence-electron chi connectivity index (χ2n) is 7.31. The van der Waals surface area contributed by atoms with Crippen LogP contribution < -0.4 is 20.1 Å². The minimum atomic E-state index is -1.06. The maximum absolute atomic E-state index is 12.3. The quantitative estimate of drug-likeness (QED) is 0.521. The smallest absolute Gasteiger partial charge is 0.321 e. The second-order valence-corrected chi connectivity index (χ2v) is 7.31. The van der Waals surface area contributed by atoms with Crippen LogP contribution >= 0.6 is 0 Å². The Labute approximate surface area is 177 Å². The predicted octanol–water partition coefficient (Wildman–Crippen LogP) is 3.44. The van der Waals surface area contributed by atoms with Gasteiger partial charge in [-0.05, 0) is 54.3 Å². The number of carbonyl (C=O) groups excluding carboxylic acids is 1. The zero-order valence-electron chi connectivity index (χ0n) is 17.9. The molecule has 1 unspecified atom stereocenters. The van der Waals surface area contributed by atoms with Crippen LogP contribution in [0.15, 0.2) is 42.5 Å². The van der Waals surface area contributed by atoms with Crippen LogP contribution in [0.1, 0.15) is 37.3 Å². The molecule has 0 saturated heterocycles. The van der Waals surface area contributed by atoms with E-state index in [1.165, 1.54) is 5.56 Å². The lowest BCUT2D eigenvalue weighted by Crippen LogP contribution is -2.40. The molecule has 0 fully saturated rings. The third-order valence-electron chi connectivity index (χ3n) is 4.80. The van der Waals surface area contributed by atoms with E-state index in [2.05, 4.69) is 24.5 Å². The first kappa shape index (κ1) is 23.2. The number of hydrogen-bond donors (Lipinski definition) is 3. The second kappa shape index (κ2) is 11.2. The first-order chi connectivity index (χ1) is 14.3. The van der Waals surface area contributed by atoms with E-state index < -0.39 is 12.0 Å². The first-order valence-electron chi connectivity index (χ1n) is 9.91. The normalized spacial score (nSPS) is 11.8. The molecule has 0 radical (unpaired) electrons. The minimum absolute atomic E-state index is 0.160. The molecule has 3 N–H and O–H groups in total. The number of aliphatic carboxylic acids is 1. The Balaban J connectivity index is 1.88. The number of carboxylic acids is 1. The first-order valence-corrected chi connectivity index (χ1v) is 9.91. The summed E-state index contributed by atoms with van der Waals surface area (Å²) in [5, 5.41) is 15.2. The summed E-state index contributed by atoms with van der Waals surface area (Å²) in [6, 6.07) is 12.1. The standard InChI is InChI=1S/C23H30N2O5/c1-15(2)17-6-8-18(9-7-17)25-22(26)14-19(23(27)28)24-12-11-16-5-10-20(29-3)21(13-16)30-4/h5-10,13,15,19,24H,11-12,14H2,1-4H3,(H,25,26)(H,27,28). The van der Waals surface area contributed by atoms with Crippen molar-refractivity contribution in [1.82, 2.24) is 5.32 Å². The van der Waals surface area contributed by atoms with Gasteiger partial charge in [0.05, 0.1) is 20.6 Å². The Hall–Kier alpha value is -3.06. The number of methoxy groups -OCH3 is 2. The summed E-state index contributed by atoms with van der Waals surface area (Å²) < 4.78 is 10.5. The summed E-state index contributed by atoms with van der Waals surface area (Å²) in [6.07, 6.45) is 0.426. The van der Waals surface area contributed by atoms with Gasteiger partial charge < -0.3 is 25.2 Å². The Morgan fingerprint density at radius 3 is 2.23 bits per heavy atom. The summed E-state index contributed by atoms with van der Waals surface area (Å²) in [4.78, 5) is 23.8. The highest BCUT2D eigenvalue weighted by molar-refractivity contribution is 5.94. The largest absolute Gasteiger partial charge is 0.493 e. The zero-order valence-corrected chi connectivity index (χ0v) is 17.9. The third kappa shape index (κ3) is 6.77. The molecule has 0 spiro atoms. The van der Waals surface area contributed by atoms with Gasteiger partial charge in [-0.2, -0.15) is 0 Å². The molecule has 7 heteroatoms. The van der Waals surface area contributed by atoms with Gasteiger partial charge in [0.15, 0.2) is 11.5 Å². The van der Waals surface area contributed by atoms with Crippen molar-refractivity contribution >= 4 is 17.6 Å². The van der Waals surface area contributed by atoms with Crippen LogP contribution in [0.25, 0.3) is 0 Å². The molecule has 2 rings (SSSR count). The van der Waals surface area contributed by atoms with Crippen LogP contribution in [0.3, 0.4) is 0 Å². The minimum Gasteiger partial charge on any atom is -0.493 e. The molecule has 0 aliphatic heterocycles. The van der Waals surface area contributed by atoms with Crippen molar-refractivity contribution in [2.24, 2.45) is 0 Å². The molecule has 0 heterocycles. The molecule has 1 atom stereocenters. The van der Waals surface area contributed by atoms with Gasteiger partial charge in [-0.25, -0.2) is 0 Å². The molecule has 0 aliphatic carbocycles. The van der Waals surface area contributed by atoms with Gasteiger partial charge in [-0.3, -0.25) is 9.59 Å². The van der Waals surface area contributed by atoms with Crippen molar-refractivity contribution in [2.75, 3.05) is 26.1 Å². The molecule has 0 aliphatic rings. The van der Waals surface area contributed by atoms with Crippen LogP contribution in [-0.2, 0) is 16.0 Å². The highest BCUT2D eigenvalue weighted by atomic mass is 16.5. The fourth-order valence-corrected chi connectivity index (χ4v) is 3.02. The molecule has 0 saturated carbocycles. The van der Waals surface area contributed by atoms with Crippen molar-refractivity contribution in [2.45, 2.75) is 38.6 Å².